The second-order valence-electron chi connectivity index (χ2n) is 5.93. The zero-order chi connectivity index (χ0) is 19.2. The molecular formula is C20H20N2O3S2. The topological polar surface area (TPSA) is 61.2 Å². The van der Waals surface area contributed by atoms with Crippen molar-refractivity contribution < 1.29 is 14.3 Å². The van der Waals surface area contributed by atoms with E-state index in [1.807, 2.05) is 60.2 Å². The first-order chi connectivity index (χ1) is 13.1. The van der Waals surface area contributed by atoms with Crippen LogP contribution in [0.25, 0.3) is 5.13 Å². The smallest absolute Gasteiger partial charge is 0.307 e. The number of esters is 1. The van der Waals surface area contributed by atoms with E-state index in [4.69, 9.17) is 4.74 Å². The van der Waals surface area contributed by atoms with E-state index in [0.717, 1.165) is 21.4 Å². The van der Waals surface area contributed by atoms with Gasteiger partial charge in [0.2, 0.25) is 5.78 Å². The molecule has 27 heavy (non-hydrogen) atoms. The number of nitrogens with zero attached hydrogens (tertiary/aromatic N) is 2. The van der Waals surface area contributed by atoms with Crippen molar-refractivity contribution in [1.82, 2.24) is 9.55 Å². The highest BCUT2D eigenvalue weighted by Crippen LogP contribution is 2.23. The number of aryl methyl sites for hydroxylation is 1. The fourth-order valence-corrected chi connectivity index (χ4v) is 4.34. The molecule has 2 heterocycles. The van der Waals surface area contributed by atoms with Crippen molar-refractivity contribution in [3.05, 3.63) is 64.9 Å². The number of carbonyl (C=O) groups excluding carboxylic acids is 2. The van der Waals surface area contributed by atoms with Gasteiger partial charge in [0.05, 0.1) is 6.42 Å². The van der Waals surface area contributed by atoms with Crippen LogP contribution in [-0.2, 0) is 9.53 Å². The van der Waals surface area contributed by atoms with Crippen molar-refractivity contribution in [3.63, 3.8) is 0 Å². The third kappa shape index (κ3) is 4.87. The third-order valence-corrected chi connectivity index (χ3v) is 5.79. The quantitative estimate of drug-likeness (QED) is 0.317. The van der Waals surface area contributed by atoms with Crippen LogP contribution < -0.4 is 0 Å². The maximum atomic E-state index is 12.5. The molecular weight excluding hydrogens is 380 g/mol. The van der Waals surface area contributed by atoms with Gasteiger partial charge in [0, 0.05) is 39.2 Å². The van der Waals surface area contributed by atoms with Gasteiger partial charge in [-0.25, -0.2) is 4.98 Å². The number of thiazole rings is 1. The molecule has 3 rings (SSSR count). The molecule has 5 nitrogen and oxygen atoms in total. The normalized spacial score (nSPS) is 10.7. The Morgan fingerprint density at radius 2 is 2.00 bits per heavy atom. The Morgan fingerprint density at radius 3 is 2.70 bits per heavy atom. The summed E-state index contributed by atoms with van der Waals surface area (Å²) in [6.07, 6.45) is 2.00. The number of Topliss-reactive ketones (excluding diaryl/α,β-unsaturated/α-hetero) is 1. The van der Waals surface area contributed by atoms with Gasteiger partial charge in [-0.15, -0.1) is 23.1 Å². The highest BCUT2D eigenvalue weighted by molar-refractivity contribution is 7.99. The number of hydrogen-bond acceptors (Lipinski definition) is 6. The second kappa shape index (κ2) is 9.01. The molecule has 0 N–H and O–H groups in total. The first-order valence-corrected chi connectivity index (χ1v) is 10.4. The summed E-state index contributed by atoms with van der Waals surface area (Å²) in [7, 11) is 0. The standard InChI is InChI=1S/C20H20N2O3S2/c1-14-12-17(15(2)22(14)20-21-9-11-27-20)18(23)13-25-19(24)8-10-26-16-6-4-3-5-7-16/h3-7,9,11-12H,8,10,13H2,1-2H3. The number of aromatic nitrogens is 2. The van der Waals surface area contributed by atoms with Crippen molar-refractivity contribution in [3.8, 4) is 5.13 Å². The Kier molecular flexibility index (Phi) is 6.47. The molecule has 140 valence electrons. The van der Waals surface area contributed by atoms with Crippen LogP contribution in [0.15, 0.2) is 52.9 Å². The Labute approximate surface area is 166 Å². The van der Waals surface area contributed by atoms with Gasteiger partial charge in [0.15, 0.2) is 11.7 Å². The lowest BCUT2D eigenvalue weighted by Gasteiger charge is -2.06. The molecule has 0 radical (unpaired) electrons. The summed E-state index contributed by atoms with van der Waals surface area (Å²) < 4.78 is 7.11. The van der Waals surface area contributed by atoms with E-state index in [1.54, 1.807) is 18.0 Å². The maximum absolute atomic E-state index is 12.5. The van der Waals surface area contributed by atoms with Crippen molar-refractivity contribution in [1.29, 1.82) is 0 Å². The molecule has 0 unspecified atom stereocenters. The van der Waals surface area contributed by atoms with Gasteiger partial charge >= 0.3 is 5.97 Å². The fraction of sp³-hybridized carbons (Fsp3) is 0.250. The number of hydrogen-bond donors (Lipinski definition) is 0. The molecule has 3 aromatic rings. The molecule has 2 aromatic heterocycles. The van der Waals surface area contributed by atoms with Crippen molar-refractivity contribution >= 4 is 34.9 Å². The molecule has 7 heteroatoms. The van der Waals surface area contributed by atoms with Gasteiger partial charge in [-0.1, -0.05) is 18.2 Å². The van der Waals surface area contributed by atoms with Gasteiger partial charge in [-0.3, -0.25) is 14.2 Å². The largest absolute Gasteiger partial charge is 0.457 e. The number of ether oxygens (including phenoxy) is 1. The van der Waals surface area contributed by atoms with Crippen molar-refractivity contribution in [2.45, 2.75) is 25.2 Å². The summed E-state index contributed by atoms with van der Waals surface area (Å²) in [5.74, 6) is 0.0609. The second-order valence-corrected chi connectivity index (χ2v) is 7.97. The van der Waals surface area contributed by atoms with Gasteiger partial charge in [0.1, 0.15) is 0 Å². The lowest BCUT2D eigenvalue weighted by molar-refractivity contribution is -0.141. The molecule has 0 spiro atoms. The summed E-state index contributed by atoms with van der Waals surface area (Å²) in [6, 6.07) is 11.7. The summed E-state index contributed by atoms with van der Waals surface area (Å²) >= 11 is 3.10. The van der Waals surface area contributed by atoms with Crippen LogP contribution in [0, 0.1) is 13.8 Å². The maximum Gasteiger partial charge on any atom is 0.307 e. The monoisotopic (exact) mass is 400 g/mol. The van der Waals surface area contributed by atoms with E-state index >= 15 is 0 Å². The Balaban J connectivity index is 1.52. The van der Waals surface area contributed by atoms with E-state index in [-0.39, 0.29) is 24.8 Å². The number of carbonyl (C=O) groups is 2. The fourth-order valence-electron chi connectivity index (χ4n) is 2.73. The van der Waals surface area contributed by atoms with E-state index < -0.39 is 0 Å². The van der Waals surface area contributed by atoms with E-state index in [9.17, 15) is 9.59 Å². The Bertz CT molecular complexity index is 918. The van der Waals surface area contributed by atoms with Crippen LogP contribution in [0.5, 0.6) is 0 Å². The first-order valence-electron chi connectivity index (χ1n) is 8.51. The predicted molar refractivity (Wildman–Crippen MR) is 108 cm³/mol. The number of ketones is 1. The number of benzene rings is 1. The van der Waals surface area contributed by atoms with Crippen molar-refractivity contribution in [2.24, 2.45) is 0 Å². The van der Waals surface area contributed by atoms with Crippen LogP contribution in [0.4, 0.5) is 0 Å². The molecule has 0 saturated carbocycles. The average molecular weight is 401 g/mol. The molecule has 0 bridgehead atoms. The lowest BCUT2D eigenvalue weighted by atomic mass is 10.1. The zero-order valence-electron chi connectivity index (χ0n) is 15.2. The first kappa shape index (κ1) is 19.4. The summed E-state index contributed by atoms with van der Waals surface area (Å²) in [4.78, 5) is 29.8. The molecule has 1 aromatic carbocycles. The van der Waals surface area contributed by atoms with Crippen LogP contribution >= 0.6 is 23.1 Å². The molecule has 0 aliphatic carbocycles. The summed E-state index contributed by atoms with van der Waals surface area (Å²) in [5.41, 5.74) is 2.30. The van der Waals surface area contributed by atoms with E-state index in [1.165, 1.54) is 11.3 Å². The minimum Gasteiger partial charge on any atom is -0.457 e. The lowest BCUT2D eigenvalue weighted by Crippen LogP contribution is -2.15. The minimum absolute atomic E-state index is 0.199. The van der Waals surface area contributed by atoms with E-state index in [2.05, 4.69) is 4.98 Å². The molecule has 0 aliphatic heterocycles. The number of thioether (sulfide) groups is 1. The molecule has 0 saturated heterocycles. The van der Waals surface area contributed by atoms with Crippen LogP contribution in [-0.4, -0.2) is 33.7 Å². The molecule has 0 amide bonds. The van der Waals surface area contributed by atoms with Gasteiger partial charge in [-0.2, -0.15) is 0 Å². The highest BCUT2D eigenvalue weighted by Gasteiger charge is 2.19. The van der Waals surface area contributed by atoms with Crippen LogP contribution in [0.3, 0.4) is 0 Å². The van der Waals surface area contributed by atoms with Crippen LogP contribution in [0.1, 0.15) is 28.2 Å². The zero-order valence-corrected chi connectivity index (χ0v) is 16.8. The van der Waals surface area contributed by atoms with E-state index in [0.29, 0.717) is 11.3 Å². The minimum atomic E-state index is -0.361. The Morgan fingerprint density at radius 1 is 1.22 bits per heavy atom. The number of rotatable bonds is 8. The van der Waals surface area contributed by atoms with Gasteiger partial charge < -0.3 is 4.74 Å². The third-order valence-electron chi connectivity index (χ3n) is 4.02. The Hall–Kier alpha value is -2.38. The van der Waals surface area contributed by atoms with Gasteiger partial charge in [0.25, 0.3) is 0 Å². The molecule has 0 aliphatic rings. The SMILES string of the molecule is Cc1cc(C(=O)COC(=O)CCSc2ccccc2)c(C)n1-c1nccs1. The molecule has 0 atom stereocenters. The molecule has 0 fully saturated rings. The summed E-state index contributed by atoms with van der Waals surface area (Å²) in [5, 5.41) is 2.71. The van der Waals surface area contributed by atoms with Gasteiger partial charge in [-0.05, 0) is 32.0 Å². The predicted octanol–water partition coefficient (Wildman–Crippen LogP) is 4.46. The highest BCUT2D eigenvalue weighted by atomic mass is 32.2. The van der Waals surface area contributed by atoms with Crippen LogP contribution in [0.2, 0.25) is 0 Å². The summed E-state index contributed by atoms with van der Waals surface area (Å²) in [6.45, 7) is 3.56. The van der Waals surface area contributed by atoms with Crippen molar-refractivity contribution in [2.75, 3.05) is 12.4 Å². The average Bonchev–Trinajstić information content (AvgIpc) is 3.28.